The normalized spacial score (nSPS) is 13.3. The van der Waals surface area contributed by atoms with Gasteiger partial charge in [-0.25, -0.2) is 0 Å². The maximum absolute atomic E-state index is 6.26. The monoisotopic (exact) mass is 666 g/mol. The molecule has 1 aliphatic rings. The lowest BCUT2D eigenvalue weighted by atomic mass is 10.1. The standard InChI is InChI=1S/C44H46N2O4/c1-33-40-29-39(50-32-35-14-8-4-9-15-35)21-22-41(40)46(44(33)37-17-19-38(20-18-37)49-31-34-12-6-3-7-13-34)30-36-16-23-42(43(28-36)47-2)48-27-26-45-24-10-5-11-25-45/h3-4,6-9,12-23,28-29H,5,10-11,24-27,30-32H2,1-2H3. The van der Waals surface area contributed by atoms with Crippen LogP contribution in [0.15, 0.2) is 121 Å². The largest absolute Gasteiger partial charge is 0.493 e. The van der Waals surface area contributed by atoms with Gasteiger partial charge in [0.1, 0.15) is 31.3 Å². The van der Waals surface area contributed by atoms with Crippen LogP contribution in [0, 0.1) is 6.92 Å². The van der Waals surface area contributed by atoms with E-state index in [0.29, 0.717) is 26.4 Å². The van der Waals surface area contributed by atoms with Crippen LogP contribution < -0.4 is 18.9 Å². The van der Waals surface area contributed by atoms with Gasteiger partial charge in [-0.3, -0.25) is 4.90 Å². The average Bonchev–Trinajstić information content (AvgIpc) is 3.44. The van der Waals surface area contributed by atoms with Crippen LogP contribution in [0.4, 0.5) is 0 Å². The van der Waals surface area contributed by atoms with Crippen LogP contribution in [0.3, 0.4) is 0 Å². The molecule has 5 aromatic carbocycles. The van der Waals surface area contributed by atoms with Crippen molar-refractivity contribution >= 4 is 10.9 Å². The average molecular weight is 667 g/mol. The highest BCUT2D eigenvalue weighted by Crippen LogP contribution is 2.38. The van der Waals surface area contributed by atoms with Crippen molar-refractivity contribution in [2.45, 2.75) is 45.9 Å². The summed E-state index contributed by atoms with van der Waals surface area (Å²) in [4.78, 5) is 2.49. The molecule has 1 aliphatic heterocycles. The molecule has 256 valence electrons. The summed E-state index contributed by atoms with van der Waals surface area (Å²) in [5.74, 6) is 3.24. The zero-order chi connectivity index (χ0) is 34.1. The van der Waals surface area contributed by atoms with E-state index in [4.69, 9.17) is 18.9 Å². The van der Waals surface area contributed by atoms with Crippen molar-refractivity contribution in [3.63, 3.8) is 0 Å². The number of ether oxygens (including phenoxy) is 4. The first-order chi connectivity index (χ1) is 24.6. The van der Waals surface area contributed by atoms with Gasteiger partial charge in [0.25, 0.3) is 0 Å². The van der Waals surface area contributed by atoms with E-state index in [1.165, 1.54) is 30.2 Å². The minimum atomic E-state index is 0.523. The Morgan fingerprint density at radius 2 is 1.26 bits per heavy atom. The maximum Gasteiger partial charge on any atom is 0.161 e. The van der Waals surface area contributed by atoms with Crippen molar-refractivity contribution < 1.29 is 18.9 Å². The molecule has 0 bridgehead atoms. The number of methoxy groups -OCH3 is 1. The molecular formula is C44H46N2O4. The maximum atomic E-state index is 6.26. The highest BCUT2D eigenvalue weighted by molar-refractivity contribution is 5.92. The SMILES string of the molecule is COc1cc(Cn2c(-c3ccc(OCc4ccccc4)cc3)c(C)c3cc(OCc4ccccc4)ccc32)ccc1OCCN1CCCCC1. The second kappa shape index (κ2) is 16.0. The Balaban J connectivity index is 1.16. The fraction of sp³-hybridized carbons (Fsp3) is 0.273. The number of hydrogen-bond donors (Lipinski definition) is 0. The summed E-state index contributed by atoms with van der Waals surface area (Å²) < 4.78 is 26.9. The van der Waals surface area contributed by atoms with Crippen molar-refractivity contribution in [1.29, 1.82) is 0 Å². The molecule has 0 unspecified atom stereocenters. The Morgan fingerprint density at radius 1 is 0.600 bits per heavy atom. The summed E-state index contributed by atoms with van der Waals surface area (Å²) in [6, 6.07) is 41.7. The molecule has 0 radical (unpaired) electrons. The minimum Gasteiger partial charge on any atom is -0.493 e. The molecule has 0 N–H and O–H groups in total. The van der Waals surface area contributed by atoms with E-state index in [1.54, 1.807) is 7.11 Å². The van der Waals surface area contributed by atoms with Crippen LogP contribution >= 0.6 is 0 Å². The Labute approximate surface area is 295 Å². The molecule has 6 nitrogen and oxygen atoms in total. The van der Waals surface area contributed by atoms with Gasteiger partial charge in [0.05, 0.1) is 12.8 Å². The number of piperidine rings is 1. The lowest BCUT2D eigenvalue weighted by Crippen LogP contribution is -2.33. The van der Waals surface area contributed by atoms with Gasteiger partial charge >= 0.3 is 0 Å². The van der Waals surface area contributed by atoms with E-state index in [0.717, 1.165) is 76.1 Å². The summed E-state index contributed by atoms with van der Waals surface area (Å²) in [7, 11) is 1.72. The van der Waals surface area contributed by atoms with Crippen LogP contribution in [-0.2, 0) is 19.8 Å². The van der Waals surface area contributed by atoms with Crippen molar-refractivity contribution in [2.24, 2.45) is 0 Å². The van der Waals surface area contributed by atoms with Gasteiger partial charge in [-0.05, 0) is 115 Å². The molecule has 0 aliphatic carbocycles. The third-order valence-corrected chi connectivity index (χ3v) is 9.59. The molecule has 6 aromatic rings. The Bertz CT molecular complexity index is 1980. The summed E-state index contributed by atoms with van der Waals surface area (Å²) in [5, 5.41) is 1.17. The van der Waals surface area contributed by atoms with Gasteiger partial charge in [-0.1, -0.05) is 73.2 Å². The first kappa shape index (κ1) is 33.3. The Hall–Kier alpha value is -5.20. The number of aromatic nitrogens is 1. The van der Waals surface area contributed by atoms with Gasteiger partial charge in [0.15, 0.2) is 11.5 Å². The Morgan fingerprint density at radius 3 is 1.94 bits per heavy atom. The van der Waals surface area contributed by atoms with Crippen molar-refractivity contribution in [1.82, 2.24) is 9.47 Å². The predicted octanol–water partition coefficient (Wildman–Crippen LogP) is 9.70. The van der Waals surface area contributed by atoms with Gasteiger partial charge in [-0.15, -0.1) is 0 Å². The molecule has 7 rings (SSSR count). The van der Waals surface area contributed by atoms with Crippen LogP contribution in [0.25, 0.3) is 22.2 Å². The number of hydrogen-bond acceptors (Lipinski definition) is 5. The summed E-state index contributed by atoms with van der Waals surface area (Å²) >= 11 is 0. The van der Waals surface area contributed by atoms with Gasteiger partial charge in [0.2, 0.25) is 0 Å². The lowest BCUT2D eigenvalue weighted by molar-refractivity contribution is 0.180. The molecule has 0 spiro atoms. The quantitative estimate of drug-likeness (QED) is 0.116. The van der Waals surface area contributed by atoms with E-state index in [9.17, 15) is 0 Å². The van der Waals surface area contributed by atoms with Gasteiger partial charge < -0.3 is 23.5 Å². The number of aryl methyl sites for hydroxylation is 1. The Kier molecular flexibility index (Phi) is 10.7. The third kappa shape index (κ3) is 7.98. The molecule has 1 aromatic heterocycles. The van der Waals surface area contributed by atoms with E-state index >= 15 is 0 Å². The lowest BCUT2D eigenvalue weighted by Gasteiger charge is -2.26. The van der Waals surface area contributed by atoms with E-state index in [-0.39, 0.29) is 0 Å². The van der Waals surface area contributed by atoms with E-state index in [2.05, 4.69) is 101 Å². The summed E-state index contributed by atoms with van der Waals surface area (Å²) in [6.07, 6.45) is 3.89. The topological polar surface area (TPSA) is 45.1 Å². The predicted molar refractivity (Wildman–Crippen MR) is 202 cm³/mol. The number of nitrogens with zero attached hydrogens (tertiary/aromatic N) is 2. The van der Waals surface area contributed by atoms with Crippen molar-refractivity contribution in [3.05, 3.63) is 144 Å². The number of rotatable bonds is 14. The third-order valence-electron chi connectivity index (χ3n) is 9.59. The number of likely N-dealkylation sites (tertiary alicyclic amines) is 1. The van der Waals surface area contributed by atoms with Gasteiger partial charge in [0, 0.05) is 24.0 Å². The van der Waals surface area contributed by atoms with Crippen molar-refractivity contribution in [2.75, 3.05) is 33.4 Å². The second-order valence-corrected chi connectivity index (χ2v) is 13.0. The smallest absolute Gasteiger partial charge is 0.161 e. The molecule has 6 heteroatoms. The van der Waals surface area contributed by atoms with Crippen LogP contribution in [-0.4, -0.2) is 42.8 Å². The van der Waals surface area contributed by atoms with E-state index in [1.807, 2.05) is 36.4 Å². The van der Waals surface area contributed by atoms with Crippen molar-refractivity contribution in [3.8, 4) is 34.3 Å². The molecule has 1 fully saturated rings. The minimum absolute atomic E-state index is 0.523. The first-order valence-electron chi connectivity index (χ1n) is 17.7. The summed E-state index contributed by atoms with van der Waals surface area (Å²) in [5.41, 5.74) is 8.06. The molecule has 0 atom stereocenters. The number of fused-ring (bicyclic) bond motifs is 1. The summed E-state index contributed by atoms with van der Waals surface area (Å²) in [6.45, 7) is 7.85. The van der Waals surface area contributed by atoms with Crippen LogP contribution in [0.1, 0.15) is 41.5 Å². The van der Waals surface area contributed by atoms with E-state index < -0.39 is 0 Å². The fourth-order valence-electron chi connectivity index (χ4n) is 6.90. The van der Waals surface area contributed by atoms with Gasteiger partial charge in [-0.2, -0.15) is 0 Å². The highest BCUT2D eigenvalue weighted by Gasteiger charge is 2.19. The second-order valence-electron chi connectivity index (χ2n) is 13.0. The zero-order valence-corrected chi connectivity index (χ0v) is 29.1. The van der Waals surface area contributed by atoms with Crippen LogP contribution in [0.5, 0.6) is 23.0 Å². The molecule has 2 heterocycles. The van der Waals surface area contributed by atoms with Crippen LogP contribution in [0.2, 0.25) is 0 Å². The first-order valence-corrected chi connectivity index (χ1v) is 17.7. The molecule has 50 heavy (non-hydrogen) atoms. The molecular weight excluding hydrogens is 620 g/mol. The molecule has 0 amide bonds. The number of benzene rings is 5. The molecule has 0 saturated carbocycles. The highest BCUT2D eigenvalue weighted by atomic mass is 16.5. The molecule has 1 saturated heterocycles. The zero-order valence-electron chi connectivity index (χ0n) is 29.1. The fourth-order valence-corrected chi connectivity index (χ4v) is 6.90.